The maximum Gasteiger partial charge on any atom is 0.255 e. The van der Waals surface area contributed by atoms with Crippen molar-refractivity contribution < 1.29 is 14.3 Å². The Kier molecular flexibility index (Phi) is 8.11. The van der Waals surface area contributed by atoms with Gasteiger partial charge in [0.2, 0.25) is 5.91 Å². The molecule has 0 aliphatic heterocycles. The Morgan fingerprint density at radius 2 is 1.39 bits per heavy atom. The average molecular weight is 480 g/mol. The van der Waals surface area contributed by atoms with E-state index in [1.165, 1.54) is 5.56 Å². The van der Waals surface area contributed by atoms with Gasteiger partial charge in [0.1, 0.15) is 5.75 Å². The number of benzene rings is 4. The van der Waals surface area contributed by atoms with Crippen molar-refractivity contribution in [3.8, 4) is 16.9 Å². The van der Waals surface area contributed by atoms with Gasteiger partial charge in [-0.3, -0.25) is 9.59 Å². The molecule has 182 valence electrons. The molecule has 6 heteroatoms. The first-order valence-electron chi connectivity index (χ1n) is 11.8. The fourth-order valence-electron chi connectivity index (χ4n) is 3.81. The van der Waals surface area contributed by atoms with Gasteiger partial charge in [-0.05, 0) is 60.0 Å². The van der Waals surface area contributed by atoms with Crippen LogP contribution in [0.15, 0.2) is 103 Å². The number of para-hydroxylation sites is 2. The molecule has 1 atom stereocenters. The fourth-order valence-corrected chi connectivity index (χ4v) is 3.81. The summed E-state index contributed by atoms with van der Waals surface area (Å²) < 4.78 is 5.27. The van der Waals surface area contributed by atoms with Crippen molar-refractivity contribution in [3.63, 3.8) is 0 Å². The van der Waals surface area contributed by atoms with Crippen LogP contribution in [0, 0.1) is 0 Å². The number of carbonyl (C=O) groups excluding carboxylic acids is 2. The molecule has 0 aliphatic rings. The number of ether oxygens (including phenoxy) is 1. The van der Waals surface area contributed by atoms with Crippen LogP contribution in [0.4, 0.5) is 11.4 Å². The first-order chi connectivity index (χ1) is 17.5. The van der Waals surface area contributed by atoms with Crippen molar-refractivity contribution in [2.24, 2.45) is 0 Å². The number of carbonyl (C=O) groups is 2. The maximum atomic E-state index is 12.6. The molecule has 0 spiro atoms. The summed E-state index contributed by atoms with van der Waals surface area (Å²) in [5.41, 5.74) is 5.13. The third-order valence-electron chi connectivity index (χ3n) is 5.87. The smallest absolute Gasteiger partial charge is 0.255 e. The summed E-state index contributed by atoms with van der Waals surface area (Å²) in [5, 5.41) is 8.96. The van der Waals surface area contributed by atoms with E-state index >= 15 is 0 Å². The van der Waals surface area contributed by atoms with Crippen LogP contribution in [-0.2, 0) is 4.79 Å². The summed E-state index contributed by atoms with van der Waals surface area (Å²) in [6, 6.07) is 32.5. The van der Waals surface area contributed by atoms with Gasteiger partial charge >= 0.3 is 0 Å². The molecule has 0 heterocycles. The van der Waals surface area contributed by atoms with E-state index in [0.29, 0.717) is 22.7 Å². The van der Waals surface area contributed by atoms with Crippen LogP contribution >= 0.6 is 0 Å². The minimum Gasteiger partial charge on any atom is -0.495 e. The Labute approximate surface area is 211 Å². The highest BCUT2D eigenvalue weighted by atomic mass is 16.5. The van der Waals surface area contributed by atoms with E-state index in [9.17, 15) is 9.59 Å². The predicted molar refractivity (Wildman–Crippen MR) is 144 cm³/mol. The van der Waals surface area contributed by atoms with Crippen molar-refractivity contribution in [1.29, 1.82) is 0 Å². The zero-order valence-corrected chi connectivity index (χ0v) is 20.3. The van der Waals surface area contributed by atoms with Crippen LogP contribution in [0.3, 0.4) is 0 Å². The summed E-state index contributed by atoms with van der Waals surface area (Å²) in [4.78, 5) is 25.0. The van der Waals surface area contributed by atoms with Crippen molar-refractivity contribution in [1.82, 2.24) is 5.32 Å². The van der Waals surface area contributed by atoms with Gasteiger partial charge in [0.15, 0.2) is 0 Å². The van der Waals surface area contributed by atoms with Crippen LogP contribution in [0.1, 0.15) is 28.9 Å². The zero-order chi connectivity index (χ0) is 25.3. The number of rotatable bonds is 9. The topological polar surface area (TPSA) is 79.5 Å². The van der Waals surface area contributed by atoms with Crippen LogP contribution < -0.4 is 20.7 Å². The molecule has 1 unspecified atom stereocenters. The lowest BCUT2D eigenvalue weighted by atomic mass is 10.0. The number of amides is 2. The molecular weight excluding hydrogens is 450 g/mol. The molecule has 4 aromatic carbocycles. The summed E-state index contributed by atoms with van der Waals surface area (Å²) in [6.45, 7) is 2.19. The highest BCUT2D eigenvalue weighted by Crippen LogP contribution is 2.24. The van der Waals surface area contributed by atoms with Crippen molar-refractivity contribution in [3.05, 3.63) is 114 Å². The van der Waals surface area contributed by atoms with Gasteiger partial charge < -0.3 is 20.7 Å². The average Bonchev–Trinajstić information content (AvgIpc) is 2.93. The van der Waals surface area contributed by atoms with Gasteiger partial charge in [-0.25, -0.2) is 0 Å². The predicted octanol–water partition coefficient (Wildman–Crippen LogP) is 5.90. The van der Waals surface area contributed by atoms with E-state index in [2.05, 4.69) is 52.3 Å². The number of methoxy groups -OCH3 is 1. The number of hydrogen-bond acceptors (Lipinski definition) is 4. The lowest BCUT2D eigenvalue weighted by molar-refractivity contribution is -0.115. The van der Waals surface area contributed by atoms with Crippen LogP contribution in [0.2, 0.25) is 0 Å². The van der Waals surface area contributed by atoms with Gasteiger partial charge in [0.25, 0.3) is 5.91 Å². The summed E-state index contributed by atoms with van der Waals surface area (Å²) in [7, 11) is 1.56. The van der Waals surface area contributed by atoms with Crippen molar-refractivity contribution in [2.75, 3.05) is 24.3 Å². The molecule has 0 fully saturated rings. The summed E-state index contributed by atoms with van der Waals surface area (Å²) in [6.07, 6.45) is 0. The molecule has 0 bridgehead atoms. The van der Waals surface area contributed by atoms with E-state index in [1.54, 1.807) is 43.5 Å². The minimum absolute atomic E-state index is 0.0154. The van der Waals surface area contributed by atoms with Crippen LogP contribution in [-0.4, -0.2) is 25.5 Å². The quantitative estimate of drug-likeness (QED) is 0.279. The lowest BCUT2D eigenvalue weighted by Crippen LogP contribution is -2.30. The highest BCUT2D eigenvalue weighted by molar-refractivity contribution is 6.05. The molecule has 4 rings (SSSR count). The molecule has 4 aromatic rings. The Balaban J connectivity index is 1.27. The van der Waals surface area contributed by atoms with Gasteiger partial charge in [-0.2, -0.15) is 0 Å². The van der Waals surface area contributed by atoms with Gasteiger partial charge in [-0.15, -0.1) is 0 Å². The maximum absolute atomic E-state index is 12.6. The standard InChI is InChI=1S/C30H29N3O3/c1-21(22-12-14-24(15-13-22)23-8-4-3-5-9-23)31-20-29(34)32-26-18-16-25(17-19-26)30(35)33-27-10-6-7-11-28(27)36-2/h3-19,21,31H,20H2,1-2H3,(H,32,34)(H,33,35). The minimum atomic E-state index is -0.258. The van der Waals surface area contributed by atoms with E-state index in [4.69, 9.17) is 4.74 Å². The second kappa shape index (κ2) is 11.8. The molecule has 6 nitrogen and oxygen atoms in total. The highest BCUT2D eigenvalue weighted by Gasteiger charge is 2.11. The monoisotopic (exact) mass is 479 g/mol. The summed E-state index contributed by atoms with van der Waals surface area (Å²) in [5.74, 6) is 0.170. The molecule has 2 amide bonds. The Bertz CT molecular complexity index is 1300. The summed E-state index contributed by atoms with van der Waals surface area (Å²) >= 11 is 0. The SMILES string of the molecule is COc1ccccc1NC(=O)c1ccc(NC(=O)CNC(C)c2ccc(-c3ccccc3)cc2)cc1. The second-order valence-corrected chi connectivity index (χ2v) is 8.37. The Hall–Kier alpha value is -4.42. The largest absolute Gasteiger partial charge is 0.495 e. The van der Waals surface area contributed by atoms with Crippen LogP contribution in [0.5, 0.6) is 5.75 Å². The molecule has 0 saturated heterocycles. The van der Waals surface area contributed by atoms with Gasteiger partial charge in [0, 0.05) is 17.3 Å². The zero-order valence-electron chi connectivity index (χ0n) is 20.3. The molecule has 0 aliphatic carbocycles. The van der Waals surface area contributed by atoms with E-state index in [-0.39, 0.29) is 24.4 Å². The van der Waals surface area contributed by atoms with Crippen LogP contribution in [0.25, 0.3) is 11.1 Å². The molecule has 0 radical (unpaired) electrons. The van der Waals surface area contributed by atoms with E-state index in [1.807, 2.05) is 37.3 Å². The Morgan fingerprint density at radius 3 is 2.08 bits per heavy atom. The molecule has 0 aromatic heterocycles. The molecule has 3 N–H and O–H groups in total. The lowest BCUT2D eigenvalue weighted by Gasteiger charge is -2.15. The first kappa shape index (κ1) is 24.7. The number of anilines is 2. The number of nitrogens with one attached hydrogen (secondary N) is 3. The normalized spacial score (nSPS) is 11.4. The third-order valence-corrected chi connectivity index (χ3v) is 5.87. The third kappa shape index (κ3) is 6.37. The molecular formula is C30H29N3O3. The fraction of sp³-hybridized carbons (Fsp3) is 0.133. The van der Waals surface area contributed by atoms with Gasteiger partial charge in [-0.1, -0.05) is 66.7 Å². The molecule has 36 heavy (non-hydrogen) atoms. The second-order valence-electron chi connectivity index (χ2n) is 8.37. The number of hydrogen-bond donors (Lipinski definition) is 3. The van der Waals surface area contributed by atoms with Gasteiger partial charge in [0.05, 0.1) is 19.3 Å². The Morgan fingerprint density at radius 1 is 0.750 bits per heavy atom. The van der Waals surface area contributed by atoms with E-state index in [0.717, 1.165) is 11.1 Å². The van der Waals surface area contributed by atoms with Crippen molar-refractivity contribution in [2.45, 2.75) is 13.0 Å². The molecule has 0 saturated carbocycles. The first-order valence-corrected chi connectivity index (χ1v) is 11.8. The van der Waals surface area contributed by atoms with Crippen molar-refractivity contribution >= 4 is 23.2 Å². The van der Waals surface area contributed by atoms with E-state index < -0.39 is 0 Å².